The Bertz CT molecular complexity index is 264. The molecular weight excluding hydrogens is 212 g/mol. The highest BCUT2D eigenvalue weighted by molar-refractivity contribution is 5.76. The Morgan fingerprint density at radius 3 is 2.76 bits per heavy atom. The van der Waals surface area contributed by atoms with Crippen LogP contribution < -0.4 is 5.32 Å². The van der Waals surface area contributed by atoms with Crippen molar-refractivity contribution in [1.82, 2.24) is 10.2 Å². The second-order valence-corrected chi connectivity index (χ2v) is 6.30. The molecule has 0 bridgehead atoms. The molecule has 2 heterocycles. The summed E-state index contributed by atoms with van der Waals surface area (Å²) in [5.74, 6) is 0.842. The summed E-state index contributed by atoms with van der Waals surface area (Å²) in [6.07, 6.45) is 5.76. The maximum Gasteiger partial charge on any atom is 0.222 e. The summed E-state index contributed by atoms with van der Waals surface area (Å²) in [5, 5.41) is 3.51. The van der Waals surface area contributed by atoms with Crippen LogP contribution in [0.25, 0.3) is 0 Å². The highest BCUT2D eigenvalue weighted by Crippen LogP contribution is 2.36. The lowest BCUT2D eigenvalue weighted by molar-refractivity contribution is -0.135. The maximum absolute atomic E-state index is 12.1. The van der Waals surface area contributed by atoms with E-state index in [9.17, 15) is 4.79 Å². The molecule has 1 unspecified atom stereocenters. The SMILES string of the molecule is CC(C)CC(=O)N1CCCC2(CCCNC2)C1. The summed E-state index contributed by atoms with van der Waals surface area (Å²) in [7, 11) is 0. The molecule has 2 aliphatic heterocycles. The molecule has 2 fully saturated rings. The van der Waals surface area contributed by atoms with Gasteiger partial charge in [-0.3, -0.25) is 4.79 Å². The summed E-state index contributed by atoms with van der Waals surface area (Å²) >= 11 is 0. The van der Waals surface area contributed by atoms with Crippen molar-refractivity contribution in [3.05, 3.63) is 0 Å². The minimum atomic E-state index is 0.365. The molecule has 0 aromatic heterocycles. The van der Waals surface area contributed by atoms with Gasteiger partial charge in [0.25, 0.3) is 0 Å². The van der Waals surface area contributed by atoms with Gasteiger partial charge in [-0.15, -0.1) is 0 Å². The molecule has 0 radical (unpaired) electrons. The van der Waals surface area contributed by atoms with E-state index in [0.717, 1.165) is 26.2 Å². The van der Waals surface area contributed by atoms with Crippen LogP contribution >= 0.6 is 0 Å². The summed E-state index contributed by atoms with van der Waals surface area (Å²) in [6.45, 7) is 8.48. The quantitative estimate of drug-likeness (QED) is 0.798. The minimum absolute atomic E-state index is 0.365. The number of likely N-dealkylation sites (tertiary alicyclic amines) is 1. The molecule has 1 N–H and O–H groups in total. The van der Waals surface area contributed by atoms with Crippen LogP contribution in [0.3, 0.4) is 0 Å². The zero-order valence-electron chi connectivity index (χ0n) is 11.3. The van der Waals surface area contributed by atoms with Gasteiger partial charge in [0.15, 0.2) is 0 Å². The van der Waals surface area contributed by atoms with E-state index in [-0.39, 0.29) is 0 Å². The molecule has 0 aromatic rings. The Morgan fingerprint density at radius 2 is 2.12 bits per heavy atom. The fourth-order valence-corrected chi connectivity index (χ4v) is 3.28. The topological polar surface area (TPSA) is 32.3 Å². The third kappa shape index (κ3) is 3.21. The summed E-state index contributed by atoms with van der Waals surface area (Å²) in [5.41, 5.74) is 0.392. The van der Waals surface area contributed by atoms with Crippen molar-refractivity contribution >= 4 is 5.91 Å². The zero-order chi connectivity index (χ0) is 12.3. The highest BCUT2D eigenvalue weighted by atomic mass is 16.2. The van der Waals surface area contributed by atoms with Crippen LogP contribution in [0, 0.1) is 11.3 Å². The van der Waals surface area contributed by atoms with Crippen LogP contribution in [0.2, 0.25) is 0 Å². The number of amides is 1. The smallest absolute Gasteiger partial charge is 0.222 e. The molecule has 0 saturated carbocycles. The van der Waals surface area contributed by atoms with E-state index in [2.05, 4.69) is 24.1 Å². The van der Waals surface area contributed by atoms with Gasteiger partial charge in [-0.05, 0) is 38.1 Å². The van der Waals surface area contributed by atoms with E-state index in [1.54, 1.807) is 0 Å². The Hall–Kier alpha value is -0.570. The molecule has 0 aromatic carbocycles. The first-order chi connectivity index (χ1) is 8.11. The van der Waals surface area contributed by atoms with E-state index < -0.39 is 0 Å². The molecule has 2 rings (SSSR count). The third-order valence-electron chi connectivity index (χ3n) is 4.16. The van der Waals surface area contributed by atoms with Crippen molar-refractivity contribution in [1.29, 1.82) is 0 Å². The normalized spacial score (nSPS) is 29.9. The number of hydrogen-bond acceptors (Lipinski definition) is 2. The average molecular weight is 238 g/mol. The molecule has 17 heavy (non-hydrogen) atoms. The van der Waals surface area contributed by atoms with Crippen molar-refractivity contribution in [2.75, 3.05) is 26.2 Å². The Labute approximate surface area is 105 Å². The van der Waals surface area contributed by atoms with E-state index in [4.69, 9.17) is 0 Å². The largest absolute Gasteiger partial charge is 0.342 e. The average Bonchev–Trinajstić information content (AvgIpc) is 2.29. The van der Waals surface area contributed by atoms with Gasteiger partial charge < -0.3 is 10.2 Å². The van der Waals surface area contributed by atoms with E-state index in [0.29, 0.717) is 23.7 Å². The van der Waals surface area contributed by atoms with Gasteiger partial charge in [-0.25, -0.2) is 0 Å². The number of piperidine rings is 2. The van der Waals surface area contributed by atoms with E-state index in [1.165, 1.54) is 25.7 Å². The van der Waals surface area contributed by atoms with Gasteiger partial charge in [0, 0.05) is 31.5 Å². The predicted molar refractivity (Wildman–Crippen MR) is 69.8 cm³/mol. The molecule has 2 aliphatic rings. The fourth-order valence-electron chi connectivity index (χ4n) is 3.28. The van der Waals surface area contributed by atoms with Gasteiger partial charge >= 0.3 is 0 Å². The zero-order valence-corrected chi connectivity index (χ0v) is 11.3. The van der Waals surface area contributed by atoms with Crippen LogP contribution in [0.15, 0.2) is 0 Å². The van der Waals surface area contributed by atoms with Gasteiger partial charge in [0.2, 0.25) is 5.91 Å². The van der Waals surface area contributed by atoms with E-state index in [1.807, 2.05) is 0 Å². The Kier molecular flexibility index (Phi) is 4.08. The third-order valence-corrected chi connectivity index (χ3v) is 4.16. The minimum Gasteiger partial charge on any atom is -0.342 e. The Balaban J connectivity index is 1.94. The van der Waals surface area contributed by atoms with Crippen molar-refractivity contribution in [3.8, 4) is 0 Å². The molecule has 2 saturated heterocycles. The van der Waals surface area contributed by atoms with Crippen LogP contribution in [0.4, 0.5) is 0 Å². The van der Waals surface area contributed by atoms with Crippen molar-refractivity contribution < 1.29 is 4.79 Å². The summed E-state index contributed by atoms with van der Waals surface area (Å²) < 4.78 is 0. The van der Waals surface area contributed by atoms with E-state index >= 15 is 0 Å². The first-order valence-corrected chi connectivity index (χ1v) is 7.10. The van der Waals surface area contributed by atoms with Gasteiger partial charge in [-0.2, -0.15) is 0 Å². The lowest BCUT2D eigenvalue weighted by Crippen LogP contribution is -2.52. The highest BCUT2D eigenvalue weighted by Gasteiger charge is 2.37. The van der Waals surface area contributed by atoms with Crippen molar-refractivity contribution in [2.45, 2.75) is 46.0 Å². The van der Waals surface area contributed by atoms with Crippen molar-refractivity contribution in [3.63, 3.8) is 0 Å². The van der Waals surface area contributed by atoms with Crippen LogP contribution in [0.1, 0.15) is 46.0 Å². The number of hydrogen-bond donors (Lipinski definition) is 1. The van der Waals surface area contributed by atoms with Gasteiger partial charge in [0.1, 0.15) is 0 Å². The summed E-state index contributed by atoms with van der Waals surface area (Å²) in [4.78, 5) is 14.3. The lowest BCUT2D eigenvalue weighted by atomic mass is 9.74. The molecule has 3 heteroatoms. The molecule has 1 amide bonds. The second-order valence-electron chi connectivity index (χ2n) is 6.30. The van der Waals surface area contributed by atoms with Gasteiger partial charge in [0.05, 0.1) is 0 Å². The molecule has 1 spiro atoms. The number of carbonyl (C=O) groups is 1. The van der Waals surface area contributed by atoms with Crippen LogP contribution in [-0.4, -0.2) is 37.0 Å². The Morgan fingerprint density at radius 1 is 1.35 bits per heavy atom. The summed E-state index contributed by atoms with van der Waals surface area (Å²) in [6, 6.07) is 0. The first kappa shape index (κ1) is 12.9. The second kappa shape index (κ2) is 5.38. The first-order valence-electron chi connectivity index (χ1n) is 7.10. The number of nitrogens with zero attached hydrogens (tertiary/aromatic N) is 1. The number of rotatable bonds is 2. The number of carbonyl (C=O) groups excluding carboxylic acids is 1. The molecule has 0 aliphatic carbocycles. The predicted octanol–water partition coefficient (Wildman–Crippen LogP) is 2.02. The molecule has 98 valence electrons. The fraction of sp³-hybridized carbons (Fsp3) is 0.929. The van der Waals surface area contributed by atoms with Crippen LogP contribution in [-0.2, 0) is 4.79 Å². The standard InChI is InChI=1S/C14H26N2O/c1-12(2)9-13(17)16-8-4-6-14(11-16)5-3-7-15-10-14/h12,15H,3-11H2,1-2H3. The number of nitrogens with one attached hydrogen (secondary N) is 1. The van der Waals surface area contributed by atoms with Crippen molar-refractivity contribution in [2.24, 2.45) is 11.3 Å². The molecular formula is C14H26N2O. The molecule has 3 nitrogen and oxygen atoms in total. The van der Waals surface area contributed by atoms with Gasteiger partial charge in [-0.1, -0.05) is 13.8 Å². The monoisotopic (exact) mass is 238 g/mol. The molecule has 1 atom stereocenters. The van der Waals surface area contributed by atoms with Crippen LogP contribution in [0.5, 0.6) is 0 Å². The lowest BCUT2D eigenvalue weighted by Gasteiger charge is -2.45. The maximum atomic E-state index is 12.1.